The average molecular weight is 616 g/mol. The number of alkyl halides is 3. The number of rotatable bonds is 8. The molecule has 0 aliphatic carbocycles. The Labute approximate surface area is 246 Å². The second-order valence-corrected chi connectivity index (χ2v) is 10.1. The maximum atomic E-state index is 13.3. The van der Waals surface area contributed by atoms with Gasteiger partial charge in [-0.15, -0.1) is 0 Å². The smallest absolute Gasteiger partial charge is 0.416 e. The topological polar surface area (TPSA) is 196 Å². The number of carbonyl (C=O) groups excluding carboxylic acids is 3. The first-order valence-electron chi connectivity index (χ1n) is 12.5. The van der Waals surface area contributed by atoms with Crippen LogP contribution >= 0.6 is 0 Å². The number of halogens is 3. The maximum absolute atomic E-state index is 13.3. The lowest BCUT2D eigenvalue weighted by molar-refractivity contribution is -0.119. The van der Waals surface area contributed by atoms with E-state index < -0.39 is 48.0 Å². The average Bonchev–Trinajstić information content (AvgIpc) is 3.59. The molecule has 14 nitrogen and oxygen atoms in total. The van der Waals surface area contributed by atoms with Crippen molar-refractivity contribution in [1.82, 2.24) is 19.7 Å². The Morgan fingerprint density at radius 1 is 1.14 bits per heavy atom. The highest BCUT2D eigenvalue weighted by Crippen LogP contribution is 2.27. The molecule has 3 aromatic heterocycles. The zero-order valence-corrected chi connectivity index (χ0v) is 23.2. The number of hydrogen-bond acceptors (Lipinski definition) is 9. The summed E-state index contributed by atoms with van der Waals surface area (Å²) in [5.41, 5.74) is 3.84. The predicted molar refractivity (Wildman–Crippen MR) is 146 cm³/mol. The summed E-state index contributed by atoms with van der Waals surface area (Å²) in [4.78, 5) is 57.1. The van der Waals surface area contributed by atoms with E-state index in [-0.39, 0.29) is 39.8 Å². The van der Waals surface area contributed by atoms with Gasteiger partial charge >= 0.3 is 18.2 Å². The number of benzene rings is 1. The van der Waals surface area contributed by atoms with Gasteiger partial charge in [0.25, 0.3) is 11.8 Å². The molecular formula is C27H24F3N7O7. The molecule has 0 spiro atoms. The lowest BCUT2D eigenvalue weighted by Crippen LogP contribution is -2.42. The Bertz CT molecular complexity index is 1740. The number of aromatic carboxylic acids is 1. The molecule has 4 aromatic rings. The van der Waals surface area contributed by atoms with Crippen molar-refractivity contribution in [2.45, 2.75) is 32.5 Å². The Hall–Kier alpha value is -5.74. The number of amides is 3. The number of pyridine rings is 1. The number of nitrogens with two attached hydrogens (primary N) is 1. The van der Waals surface area contributed by atoms with E-state index in [1.54, 1.807) is 0 Å². The molecule has 0 saturated heterocycles. The van der Waals surface area contributed by atoms with Crippen LogP contribution in [0, 0.1) is 0 Å². The molecule has 0 atom stereocenters. The minimum absolute atomic E-state index is 0.0498. The van der Waals surface area contributed by atoms with E-state index in [1.165, 1.54) is 57.3 Å². The molecule has 17 heteroatoms. The van der Waals surface area contributed by atoms with Crippen LogP contribution in [0.2, 0.25) is 0 Å². The van der Waals surface area contributed by atoms with Crippen LogP contribution in [0.4, 0.5) is 29.5 Å². The van der Waals surface area contributed by atoms with Crippen molar-refractivity contribution in [1.29, 1.82) is 0 Å². The van der Waals surface area contributed by atoms with Crippen molar-refractivity contribution in [3.63, 3.8) is 0 Å². The minimum Gasteiger partial charge on any atom is -0.478 e. The number of hydrogen-bond donors (Lipinski definition) is 3. The van der Waals surface area contributed by atoms with E-state index in [0.717, 1.165) is 23.2 Å². The minimum atomic E-state index is -4.78. The normalized spacial score (nSPS) is 11.6. The zero-order chi connectivity index (χ0) is 32.4. The van der Waals surface area contributed by atoms with Crippen LogP contribution < -0.4 is 16.0 Å². The predicted octanol–water partition coefficient (Wildman–Crippen LogP) is 4.28. The molecule has 0 fully saturated rings. The van der Waals surface area contributed by atoms with E-state index >= 15 is 0 Å². The van der Waals surface area contributed by atoms with Gasteiger partial charge in [0, 0.05) is 11.8 Å². The Morgan fingerprint density at radius 2 is 1.86 bits per heavy atom. The number of anilines is 2. The molecular weight excluding hydrogens is 591 g/mol. The maximum Gasteiger partial charge on any atom is 0.416 e. The molecule has 0 unspecified atom stereocenters. The lowest BCUT2D eigenvalue weighted by Gasteiger charge is -2.27. The molecule has 0 radical (unpaired) electrons. The first-order chi connectivity index (χ1) is 20.5. The molecule has 0 aliphatic rings. The highest BCUT2D eigenvalue weighted by Gasteiger charge is 2.36. The number of carboxylic acid groups (broad SMARTS) is 1. The molecule has 4 N–H and O–H groups in total. The number of carboxylic acids is 1. The van der Waals surface area contributed by atoms with Gasteiger partial charge in [0.15, 0.2) is 11.4 Å². The van der Waals surface area contributed by atoms with Gasteiger partial charge in [0.2, 0.25) is 5.89 Å². The Balaban J connectivity index is 1.59. The summed E-state index contributed by atoms with van der Waals surface area (Å²) in [5, 5.41) is 15.7. The van der Waals surface area contributed by atoms with Crippen molar-refractivity contribution in [3.8, 4) is 17.1 Å². The first-order valence-corrected chi connectivity index (χ1v) is 12.5. The number of carbonyl (C=O) groups is 4. The van der Waals surface area contributed by atoms with E-state index in [9.17, 15) is 37.5 Å². The van der Waals surface area contributed by atoms with E-state index in [2.05, 4.69) is 20.4 Å². The number of nitrogens with one attached hydrogen (secondary N) is 1. The quantitative estimate of drug-likeness (QED) is 0.257. The fraction of sp³-hybridized carbons (Fsp3) is 0.222. The summed E-state index contributed by atoms with van der Waals surface area (Å²) in [6.45, 7) is 2.80. The van der Waals surface area contributed by atoms with Gasteiger partial charge in [0.05, 0.1) is 23.1 Å². The van der Waals surface area contributed by atoms with E-state index in [4.69, 9.17) is 14.9 Å². The van der Waals surface area contributed by atoms with Gasteiger partial charge < -0.3 is 25.3 Å². The fourth-order valence-electron chi connectivity index (χ4n) is 3.69. The molecule has 230 valence electrons. The number of oxazole rings is 1. The zero-order valence-electron chi connectivity index (χ0n) is 23.2. The summed E-state index contributed by atoms with van der Waals surface area (Å²) < 4.78 is 51.5. The van der Waals surface area contributed by atoms with Gasteiger partial charge in [-0.1, -0.05) is 6.07 Å². The second-order valence-electron chi connectivity index (χ2n) is 10.1. The summed E-state index contributed by atoms with van der Waals surface area (Å²) in [6.07, 6.45) is -2.75. The van der Waals surface area contributed by atoms with Gasteiger partial charge in [-0.2, -0.15) is 18.3 Å². The fourth-order valence-corrected chi connectivity index (χ4v) is 3.69. The number of ether oxygens (including phenoxy) is 1. The van der Waals surface area contributed by atoms with Gasteiger partial charge in [0.1, 0.15) is 24.2 Å². The van der Waals surface area contributed by atoms with Crippen LogP contribution in [0.1, 0.15) is 52.1 Å². The lowest BCUT2D eigenvalue weighted by atomic mass is 10.2. The van der Waals surface area contributed by atoms with Crippen LogP contribution in [-0.2, 0) is 4.74 Å². The molecule has 44 heavy (non-hydrogen) atoms. The van der Waals surface area contributed by atoms with E-state index in [1.807, 2.05) is 0 Å². The molecule has 0 saturated carbocycles. The first kappa shape index (κ1) is 31.2. The second kappa shape index (κ2) is 11.9. The summed E-state index contributed by atoms with van der Waals surface area (Å²) >= 11 is 0. The van der Waals surface area contributed by atoms with Crippen molar-refractivity contribution >= 4 is 35.4 Å². The van der Waals surface area contributed by atoms with Crippen LogP contribution in [0.25, 0.3) is 17.1 Å². The van der Waals surface area contributed by atoms with Crippen molar-refractivity contribution in [2.24, 2.45) is 5.73 Å². The molecule has 0 aliphatic heterocycles. The SMILES string of the molecule is CC(C)(C)OC(=O)N(CC(F)(F)F)c1cc(-c2nc(C(=O)Nc3cn(-c4cccc(C(=O)O)c4)nc3C(N)=O)co2)ccn1. The monoisotopic (exact) mass is 615 g/mol. The highest BCUT2D eigenvalue weighted by atomic mass is 19.4. The van der Waals surface area contributed by atoms with E-state index in [0.29, 0.717) is 4.90 Å². The van der Waals surface area contributed by atoms with Crippen LogP contribution in [0.15, 0.2) is 59.5 Å². The van der Waals surface area contributed by atoms with Gasteiger partial charge in [-0.05, 0) is 51.1 Å². The largest absolute Gasteiger partial charge is 0.478 e. The summed E-state index contributed by atoms with van der Waals surface area (Å²) in [7, 11) is 0. The van der Waals surface area contributed by atoms with Crippen molar-refractivity contribution < 1.29 is 46.6 Å². The van der Waals surface area contributed by atoms with Crippen LogP contribution in [0.5, 0.6) is 0 Å². The molecule has 4 rings (SSSR count). The number of nitrogens with zero attached hydrogens (tertiary/aromatic N) is 5. The standard InChI is InChI=1S/C27H24F3N7O7/c1-26(2,3)44-25(42)36(13-27(28,29)30)19-10-14(7-8-32-19)23-34-18(12-43-23)22(39)33-17-11-37(35-20(17)21(31)38)16-6-4-5-15(9-16)24(40)41/h4-12H,13H2,1-3H3,(H2,31,38)(H,33,39)(H,40,41). The molecule has 3 heterocycles. The van der Waals surface area contributed by atoms with Gasteiger partial charge in [-0.3, -0.25) is 14.5 Å². The van der Waals surface area contributed by atoms with Crippen LogP contribution in [-0.4, -0.2) is 67.1 Å². The van der Waals surface area contributed by atoms with Crippen LogP contribution in [0.3, 0.4) is 0 Å². The van der Waals surface area contributed by atoms with Crippen molar-refractivity contribution in [3.05, 3.63) is 72.0 Å². The Kier molecular flexibility index (Phi) is 8.41. The van der Waals surface area contributed by atoms with Gasteiger partial charge in [-0.25, -0.2) is 24.2 Å². The summed E-state index contributed by atoms with van der Waals surface area (Å²) in [5.74, 6) is -3.67. The van der Waals surface area contributed by atoms with Crippen molar-refractivity contribution in [2.75, 3.05) is 16.8 Å². The highest BCUT2D eigenvalue weighted by molar-refractivity contribution is 6.07. The number of primary amides is 1. The molecule has 0 bridgehead atoms. The molecule has 1 aromatic carbocycles. The third kappa shape index (κ3) is 7.55. The Morgan fingerprint density at radius 3 is 2.50 bits per heavy atom. The third-order valence-corrected chi connectivity index (χ3v) is 5.51. The third-order valence-electron chi connectivity index (χ3n) is 5.51. The molecule has 3 amide bonds. The number of aromatic nitrogens is 4. The summed E-state index contributed by atoms with van der Waals surface area (Å²) in [6, 6.07) is 8.05.